The maximum Gasteiger partial charge on any atom is 4.00 e. The first-order chi connectivity index (χ1) is 44.0. The summed E-state index contributed by atoms with van der Waals surface area (Å²) in [5.41, 5.74) is 26.8. The van der Waals surface area contributed by atoms with Crippen molar-refractivity contribution in [2.45, 2.75) is 187 Å². The van der Waals surface area contributed by atoms with Gasteiger partial charge in [-0.2, -0.15) is 0 Å². The van der Waals surface area contributed by atoms with E-state index in [2.05, 4.69) is 210 Å². The van der Waals surface area contributed by atoms with Crippen LogP contribution in [0, 0.1) is 94.8 Å². The van der Waals surface area contributed by atoms with Crippen LogP contribution in [0.15, 0.2) is 131 Å². The average Bonchev–Trinajstić information content (AvgIpc) is 1.65. The Morgan fingerprint density at radius 3 is 1.30 bits per heavy atom. The van der Waals surface area contributed by atoms with E-state index in [1.54, 1.807) is 33.6 Å². The molecule has 8 nitrogen and oxygen atoms in total. The van der Waals surface area contributed by atoms with Gasteiger partial charge in [0.15, 0.2) is 5.78 Å². The number of Topliss-reactive ketones (excluding diaryl/α,β-unsaturated/α-hetero) is 1. The van der Waals surface area contributed by atoms with E-state index < -0.39 is 6.09 Å². The molecular weight excluding hydrogens is 1240 g/mol. The Balaban J connectivity index is 0.000000406. The molecule has 5 aromatic rings. The fraction of sp³-hybridized carbons (Fsp3) is 0.523. The molecule has 0 saturated heterocycles. The predicted molar refractivity (Wildman–Crippen MR) is 416 cm³/mol. The van der Waals surface area contributed by atoms with Gasteiger partial charge in [-0.05, 0) is 237 Å². The predicted octanol–water partition coefficient (Wildman–Crippen LogP) is 15.0. The summed E-state index contributed by atoms with van der Waals surface area (Å²) in [6.45, 7) is 42.2. The average molecular weight is 1370 g/mol. The van der Waals surface area contributed by atoms with Crippen LogP contribution in [0.25, 0.3) is 5.57 Å². The Morgan fingerprint density at radius 1 is 0.444 bits per heavy atom. The van der Waals surface area contributed by atoms with Crippen molar-refractivity contribution in [2.75, 3.05) is 72.2 Å². The van der Waals surface area contributed by atoms with Crippen LogP contribution < -0.4 is 68.2 Å². The van der Waals surface area contributed by atoms with Gasteiger partial charge in [0.25, 0.3) is 0 Å². The van der Waals surface area contributed by atoms with Crippen molar-refractivity contribution in [3.63, 3.8) is 0 Å². The minimum Gasteiger partial charge on any atom is -0.530 e. The van der Waals surface area contributed by atoms with Gasteiger partial charge < -0.3 is 64.9 Å². The van der Waals surface area contributed by atoms with Crippen LogP contribution in [-0.2, 0) is 58.6 Å². The Labute approximate surface area is 644 Å². The normalized spacial score (nSPS) is 26.3. The van der Waals surface area contributed by atoms with Gasteiger partial charge in [-0.1, -0.05) is 178 Å². The number of nitrogens with one attached hydrogen (secondary N) is 2. The second-order valence-corrected chi connectivity index (χ2v) is 29.7. The molecule has 0 bridgehead atoms. The van der Waals surface area contributed by atoms with Gasteiger partial charge in [0.2, 0.25) is 0 Å². The molecule has 0 aromatic heterocycles. The van der Waals surface area contributed by atoms with Gasteiger partial charge in [0, 0.05) is 92.7 Å². The van der Waals surface area contributed by atoms with Crippen LogP contribution in [0.1, 0.15) is 199 Å². The number of carbonyl (C=O) groups excluding carboxylic acids is 2. The summed E-state index contributed by atoms with van der Waals surface area (Å²) in [5, 5.41) is 17.7. The molecular formula is C88H128Li2N5O3Ti+. The fourth-order valence-corrected chi connectivity index (χ4v) is 17.8. The molecule has 2 fully saturated rings. The van der Waals surface area contributed by atoms with Crippen molar-refractivity contribution in [3.05, 3.63) is 205 Å². The fourth-order valence-electron chi connectivity index (χ4n) is 17.8. The van der Waals surface area contributed by atoms with Crippen LogP contribution >= 0.6 is 0 Å². The van der Waals surface area contributed by atoms with Crippen LogP contribution in [-0.4, -0.2) is 58.7 Å². The van der Waals surface area contributed by atoms with E-state index in [-0.39, 0.29) is 95.1 Å². The third-order valence-corrected chi connectivity index (χ3v) is 25.0. The molecule has 2 N–H and O–H groups in total. The SMILES string of the molecule is CC1=C(C)C(C)C(C)C1=O.CC1=C(C)C(C)C(c2cccc3c2NCCC3)=C1C.CC1C(C)C(C)C(c2cccc3c2N(C)CCC3)C1C.CC1C(C)C(C)C(c2cccc3c2N(C)CCC3)C1C.O=C([O-])N1CCCc2ccccc21.[CH3-].[CH3-].[CH3-].[CH3-].[Li+].[Li+].[Ti+4].c1ccc2c(c1)CCCN2. The number of rotatable bonds is 3. The molecule has 5 aliphatic heterocycles. The number of hydrogen-bond acceptors (Lipinski definition) is 7. The van der Waals surface area contributed by atoms with E-state index >= 15 is 0 Å². The molecule has 11 unspecified atom stereocenters. The van der Waals surface area contributed by atoms with E-state index in [4.69, 9.17) is 0 Å². The number of hydrogen-bond donors (Lipinski definition) is 2. The van der Waals surface area contributed by atoms with Crippen molar-refractivity contribution >= 4 is 45.9 Å². The zero-order chi connectivity index (χ0) is 66.4. The number of amides is 1. The Morgan fingerprint density at radius 2 is 0.859 bits per heavy atom. The summed E-state index contributed by atoms with van der Waals surface area (Å²) in [6, 6.07) is 36.9. The quantitative estimate of drug-likeness (QED) is 0.137. The van der Waals surface area contributed by atoms with Crippen molar-refractivity contribution in [1.29, 1.82) is 0 Å². The van der Waals surface area contributed by atoms with Crippen LogP contribution in [0.2, 0.25) is 0 Å². The molecule has 9 aliphatic rings. The van der Waals surface area contributed by atoms with Crippen LogP contribution in [0.4, 0.5) is 33.2 Å². The maximum absolute atomic E-state index is 11.3. The first-order valence-corrected chi connectivity index (χ1v) is 36.0. The van der Waals surface area contributed by atoms with Crippen molar-refractivity contribution in [3.8, 4) is 0 Å². The molecule has 11 heteroatoms. The molecule has 99 heavy (non-hydrogen) atoms. The molecule has 11 atom stereocenters. The summed E-state index contributed by atoms with van der Waals surface area (Å²) in [4.78, 5) is 28.3. The number of carbonyl (C=O) groups is 2. The van der Waals surface area contributed by atoms with Crippen molar-refractivity contribution in [1.82, 2.24) is 0 Å². The Hall–Kier alpha value is -4.63. The number of nitrogens with zero attached hydrogens (tertiary/aromatic N) is 3. The van der Waals surface area contributed by atoms with E-state index in [1.165, 1.54) is 125 Å². The molecule has 2 saturated carbocycles. The first kappa shape index (κ1) is 90.5. The Bertz CT molecular complexity index is 3370. The van der Waals surface area contributed by atoms with E-state index in [0.29, 0.717) is 24.2 Å². The molecule has 5 heterocycles. The number of anilines is 5. The van der Waals surface area contributed by atoms with Gasteiger partial charge in [-0.3, -0.25) is 4.79 Å². The van der Waals surface area contributed by atoms with Gasteiger partial charge >= 0.3 is 59.4 Å². The van der Waals surface area contributed by atoms with Crippen LogP contribution in [0.5, 0.6) is 0 Å². The largest absolute Gasteiger partial charge is 4.00 e. The minimum absolute atomic E-state index is 0. The summed E-state index contributed by atoms with van der Waals surface area (Å²) in [7, 11) is 4.55. The van der Waals surface area contributed by atoms with Gasteiger partial charge in [-0.25, -0.2) is 0 Å². The molecule has 14 rings (SSSR count). The number of aryl methyl sites for hydroxylation is 5. The third kappa shape index (κ3) is 19.6. The van der Waals surface area contributed by atoms with E-state index in [1.807, 2.05) is 38.1 Å². The van der Waals surface area contributed by atoms with Gasteiger partial charge in [-0.15, -0.1) is 0 Å². The molecule has 0 radical (unpaired) electrons. The molecule has 0 spiro atoms. The number of fused-ring (bicyclic) bond motifs is 5. The molecule has 5 aromatic carbocycles. The maximum atomic E-state index is 11.3. The van der Waals surface area contributed by atoms with E-state index in [0.717, 1.165) is 102 Å². The van der Waals surface area contributed by atoms with Gasteiger partial charge in [0.1, 0.15) is 6.09 Å². The van der Waals surface area contributed by atoms with Crippen molar-refractivity contribution in [2.24, 2.45) is 65.1 Å². The number of carboxylic acid groups (broad SMARTS) is 1. The van der Waals surface area contributed by atoms with Gasteiger partial charge in [0.05, 0.1) is 0 Å². The standard InChI is InChI=1S/2C19H29N.C18H23N.C10H11NO2.C9H11N.C9H14O.4CH3.2Li.Ti/c2*1-12-13(2)15(4)18(14(12)3)17-10-6-8-16-9-7-11-20(5)19(16)17;1-11-12(2)14(4)17(13(11)3)16-9-5-7-15-8-6-10-19-18(15)16;12-10(13)11-7-3-5-8-4-1-2-6-9(8)11;1-2-6-9-8(4-1)5-3-7-10-9;1-5-6(2)8(4)9(10)7(5)3;;;;;;;/h2*6,8,10,12-15,18H,7,9,11H2,1-5H3;5,7,9,13,19H,6,8,10H2,1-4H3;1-2,4,6H,3,5,7H2,(H,12,13);1-2,4,6,10H,3,5,7H2;5,7H,1-4H3;4*1H3;;;/q;;;;;;4*-1;2*+1;+4/p-1. The molecule has 4 aliphatic carbocycles. The number of ketones is 1. The third-order valence-electron chi connectivity index (χ3n) is 25.0. The van der Waals surface area contributed by atoms with Crippen LogP contribution in [0.3, 0.4) is 0 Å². The second-order valence-electron chi connectivity index (χ2n) is 29.7. The summed E-state index contributed by atoms with van der Waals surface area (Å²) >= 11 is 0. The number of para-hydroxylation sites is 5. The number of allylic oxidation sites excluding steroid dienone is 6. The Kier molecular flexibility index (Phi) is 36.9. The molecule has 528 valence electrons. The molecule has 1 amide bonds. The number of benzene rings is 5. The van der Waals surface area contributed by atoms with E-state index in [9.17, 15) is 14.7 Å². The second kappa shape index (κ2) is 40.4. The topological polar surface area (TPSA) is 91.0 Å². The summed E-state index contributed by atoms with van der Waals surface area (Å²) in [5.74, 6) is 9.55. The smallest absolute Gasteiger partial charge is 0.530 e. The monoisotopic (exact) mass is 1360 g/mol. The summed E-state index contributed by atoms with van der Waals surface area (Å²) in [6.07, 6.45) is 10.8. The van der Waals surface area contributed by atoms with Crippen molar-refractivity contribution < 1.29 is 74.1 Å². The zero-order valence-electron chi connectivity index (χ0n) is 66.5. The minimum atomic E-state index is -1.10. The first-order valence-electron chi connectivity index (χ1n) is 36.0. The summed E-state index contributed by atoms with van der Waals surface area (Å²) < 4.78 is 0. The zero-order valence-corrected chi connectivity index (χ0v) is 68.1.